The number of alkyl halides is 3. The monoisotopic (exact) mass is 477 g/mol. The van der Waals surface area contributed by atoms with Crippen LogP contribution in [0.4, 0.5) is 22.0 Å². The molecule has 0 radical (unpaired) electrons. The van der Waals surface area contributed by atoms with Gasteiger partial charge in [-0.3, -0.25) is 9.59 Å². The molecule has 1 unspecified atom stereocenters. The second-order valence-electron chi connectivity index (χ2n) is 8.01. The summed E-state index contributed by atoms with van der Waals surface area (Å²) in [5, 5.41) is 5.15. The first-order valence-electron chi connectivity index (χ1n) is 10.2. The summed E-state index contributed by atoms with van der Waals surface area (Å²) in [7, 11) is 0. The molecular formula is C21H24F5N3O4. The smallest absolute Gasteiger partial charge is 0.342 e. The lowest BCUT2D eigenvalue weighted by molar-refractivity contribution is -0.150. The molecule has 1 aliphatic rings. The van der Waals surface area contributed by atoms with Crippen LogP contribution < -0.4 is 5.32 Å². The van der Waals surface area contributed by atoms with Gasteiger partial charge in [0.1, 0.15) is 6.04 Å². The van der Waals surface area contributed by atoms with E-state index in [0.717, 1.165) is 6.07 Å². The first-order valence-corrected chi connectivity index (χ1v) is 10.2. The molecule has 12 heteroatoms. The van der Waals surface area contributed by atoms with Crippen LogP contribution in [-0.4, -0.2) is 46.7 Å². The highest BCUT2D eigenvalue weighted by Crippen LogP contribution is 2.25. The Morgan fingerprint density at radius 2 is 1.94 bits per heavy atom. The van der Waals surface area contributed by atoms with Crippen molar-refractivity contribution >= 4 is 23.5 Å². The topological polar surface area (TPSA) is 88.1 Å². The van der Waals surface area contributed by atoms with Crippen molar-refractivity contribution in [3.05, 3.63) is 35.4 Å². The van der Waals surface area contributed by atoms with Gasteiger partial charge < -0.3 is 15.1 Å². The zero-order valence-electron chi connectivity index (χ0n) is 18.2. The molecule has 1 fully saturated rings. The number of hydrogen-bond donors (Lipinski definition) is 1. The summed E-state index contributed by atoms with van der Waals surface area (Å²) in [6, 6.07) is 1.66. The zero-order valence-corrected chi connectivity index (χ0v) is 18.2. The second kappa shape index (κ2) is 10.7. The number of benzene rings is 1. The number of amides is 2. The third kappa shape index (κ3) is 6.96. The minimum absolute atomic E-state index is 0.0443. The minimum atomic E-state index is -4.77. The molecule has 182 valence electrons. The van der Waals surface area contributed by atoms with Crippen molar-refractivity contribution in [3.8, 4) is 0 Å². The van der Waals surface area contributed by atoms with Crippen LogP contribution >= 0.6 is 0 Å². The van der Waals surface area contributed by atoms with E-state index >= 15 is 0 Å². The van der Waals surface area contributed by atoms with Crippen molar-refractivity contribution in [2.75, 3.05) is 0 Å². The highest BCUT2D eigenvalue weighted by atomic mass is 19.4. The zero-order chi connectivity index (χ0) is 24.9. The Morgan fingerprint density at radius 3 is 2.55 bits per heavy atom. The van der Waals surface area contributed by atoms with Crippen LogP contribution in [0.1, 0.15) is 45.6 Å². The van der Waals surface area contributed by atoms with Crippen LogP contribution in [0.5, 0.6) is 0 Å². The molecule has 1 saturated heterocycles. The molecule has 1 aromatic carbocycles. The van der Waals surface area contributed by atoms with E-state index in [9.17, 15) is 36.3 Å². The largest absolute Gasteiger partial charge is 0.432 e. The molecule has 0 saturated carbocycles. The van der Waals surface area contributed by atoms with Gasteiger partial charge in [-0.15, -0.1) is 0 Å². The second-order valence-corrected chi connectivity index (χ2v) is 8.01. The fourth-order valence-corrected chi connectivity index (χ4v) is 3.24. The molecule has 2 atom stereocenters. The fourth-order valence-electron chi connectivity index (χ4n) is 3.24. The molecule has 2 amide bonds. The molecule has 33 heavy (non-hydrogen) atoms. The molecular weight excluding hydrogens is 453 g/mol. The molecule has 1 heterocycles. The Labute approximate surface area is 186 Å². The molecule has 1 aliphatic heterocycles. The van der Waals surface area contributed by atoms with Gasteiger partial charge in [0.25, 0.3) is 0 Å². The maximum absolute atomic E-state index is 14.0. The van der Waals surface area contributed by atoms with E-state index in [4.69, 9.17) is 0 Å². The van der Waals surface area contributed by atoms with Crippen molar-refractivity contribution in [3.63, 3.8) is 0 Å². The third-order valence-corrected chi connectivity index (χ3v) is 5.17. The number of carbonyl (C=O) groups excluding carboxylic acids is 3. The van der Waals surface area contributed by atoms with Gasteiger partial charge >= 0.3 is 12.1 Å². The summed E-state index contributed by atoms with van der Waals surface area (Å²) in [6.07, 6.45) is -4.62. The van der Waals surface area contributed by atoms with E-state index in [-0.39, 0.29) is 37.3 Å². The fraction of sp³-hybridized carbons (Fsp3) is 0.524. The molecule has 7 nitrogen and oxygen atoms in total. The molecule has 1 aromatic rings. The average molecular weight is 477 g/mol. The van der Waals surface area contributed by atoms with E-state index in [1.165, 1.54) is 17.0 Å². The van der Waals surface area contributed by atoms with Gasteiger partial charge in [0.2, 0.25) is 11.8 Å². The van der Waals surface area contributed by atoms with E-state index in [2.05, 4.69) is 15.3 Å². The predicted octanol–water partition coefficient (Wildman–Crippen LogP) is 3.47. The molecule has 0 aliphatic carbocycles. The summed E-state index contributed by atoms with van der Waals surface area (Å²) in [4.78, 5) is 42.5. The first-order chi connectivity index (χ1) is 15.3. The third-order valence-electron chi connectivity index (χ3n) is 5.17. The highest BCUT2D eigenvalue weighted by Gasteiger charge is 2.36. The van der Waals surface area contributed by atoms with Crippen molar-refractivity contribution in [1.82, 2.24) is 10.2 Å². The summed E-state index contributed by atoms with van der Waals surface area (Å²) in [5.41, 5.74) is -1.41. The number of hydrogen-bond acceptors (Lipinski definition) is 5. The number of rotatable bonds is 8. The Kier molecular flexibility index (Phi) is 8.51. The lowest BCUT2D eigenvalue weighted by Gasteiger charge is -2.26. The van der Waals surface area contributed by atoms with Gasteiger partial charge in [0.15, 0.2) is 17.3 Å². The normalized spacial score (nSPS) is 18.0. The van der Waals surface area contributed by atoms with Crippen LogP contribution in [0, 0.1) is 17.6 Å². The Morgan fingerprint density at radius 1 is 1.27 bits per heavy atom. The first kappa shape index (κ1) is 26.2. The number of halogens is 5. The van der Waals surface area contributed by atoms with Gasteiger partial charge in [0.05, 0.1) is 0 Å². The lowest BCUT2D eigenvalue weighted by atomic mass is 10.0. The van der Waals surface area contributed by atoms with Crippen LogP contribution in [0.15, 0.2) is 23.4 Å². The van der Waals surface area contributed by atoms with Crippen molar-refractivity contribution in [2.45, 2.75) is 64.8 Å². The van der Waals surface area contributed by atoms with E-state index in [0.29, 0.717) is 6.92 Å². The van der Waals surface area contributed by atoms with Crippen molar-refractivity contribution < 1.29 is 41.2 Å². The maximum atomic E-state index is 14.0. The SMILES string of the molecule is C/C(=N\OC(=O)C(NC(=O)C[C@@H]1CCC(=O)N1Cc1cccc(F)c1F)C(C)C)C(F)(F)F. The van der Waals surface area contributed by atoms with Crippen LogP contribution in [-0.2, 0) is 25.8 Å². The van der Waals surface area contributed by atoms with Crippen LogP contribution in [0.25, 0.3) is 0 Å². The van der Waals surface area contributed by atoms with Gasteiger partial charge in [-0.1, -0.05) is 31.1 Å². The molecule has 0 bridgehead atoms. The molecule has 0 spiro atoms. The summed E-state index contributed by atoms with van der Waals surface area (Å²) >= 11 is 0. The Bertz CT molecular complexity index is 933. The lowest BCUT2D eigenvalue weighted by Crippen LogP contribution is -2.47. The van der Waals surface area contributed by atoms with E-state index < -0.39 is 53.4 Å². The minimum Gasteiger partial charge on any atom is -0.342 e. The summed E-state index contributed by atoms with van der Waals surface area (Å²) < 4.78 is 65.0. The van der Waals surface area contributed by atoms with Crippen LogP contribution in [0.2, 0.25) is 0 Å². The standard InChI is InChI=1S/C21H24F5N3O4/c1-11(2)19(20(32)33-28-12(3)21(24,25)26)27-16(30)9-14-7-8-17(31)29(14)10-13-5-4-6-15(22)18(13)23/h4-6,11,14,19H,7-10H2,1-3H3,(H,27,30)/b28-12+/t14-,19?/m0/s1. The van der Waals surface area contributed by atoms with E-state index in [1.54, 1.807) is 13.8 Å². The predicted molar refractivity (Wildman–Crippen MR) is 107 cm³/mol. The summed E-state index contributed by atoms with van der Waals surface area (Å²) in [5.74, 6) is -4.86. The number of carbonyl (C=O) groups is 3. The molecule has 0 aromatic heterocycles. The van der Waals surface area contributed by atoms with E-state index in [1.807, 2.05) is 0 Å². The van der Waals surface area contributed by atoms with Crippen molar-refractivity contribution in [1.29, 1.82) is 0 Å². The number of oxime groups is 1. The van der Waals surface area contributed by atoms with Crippen LogP contribution in [0.3, 0.4) is 0 Å². The Hall–Kier alpha value is -3.05. The highest BCUT2D eigenvalue weighted by molar-refractivity contribution is 5.89. The quantitative estimate of drug-likeness (QED) is 0.269. The number of nitrogens with one attached hydrogen (secondary N) is 1. The van der Waals surface area contributed by atoms with Gasteiger partial charge in [-0.2, -0.15) is 13.2 Å². The van der Waals surface area contributed by atoms with Gasteiger partial charge in [-0.25, -0.2) is 13.6 Å². The number of nitrogens with zero attached hydrogens (tertiary/aromatic N) is 2. The average Bonchev–Trinajstić information content (AvgIpc) is 3.05. The summed E-state index contributed by atoms with van der Waals surface area (Å²) in [6.45, 7) is 3.49. The Balaban J connectivity index is 2.04. The van der Waals surface area contributed by atoms with Crippen molar-refractivity contribution in [2.24, 2.45) is 11.1 Å². The molecule has 2 rings (SSSR count). The van der Waals surface area contributed by atoms with Gasteiger partial charge in [-0.05, 0) is 25.3 Å². The maximum Gasteiger partial charge on any atom is 0.432 e. The molecule has 1 N–H and O–H groups in total. The number of likely N-dealkylation sites (tertiary alicyclic amines) is 1. The van der Waals surface area contributed by atoms with Gasteiger partial charge in [0, 0.05) is 31.0 Å².